The number of nitrogens with zero attached hydrogens (tertiary/aromatic N) is 6. The van der Waals surface area contributed by atoms with E-state index in [1.54, 1.807) is 85.9 Å². The number of hydrogen-bond donors (Lipinski definition) is 1. The lowest BCUT2D eigenvalue weighted by Gasteiger charge is -2.49. The van der Waals surface area contributed by atoms with Crippen LogP contribution in [0.4, 0.5) is 5.69 Å². The second-order valence-corrected chi connectivity index (χ2v) is 16.5. The van der Waals surface area contributed by atoms with Crippen LogP contribution < -0.4 is 36.0 Å². The number of aromatic nitrogens is 5. The van der Waals surface area contributed by atoms with Gasteiger partial charge in [-0.1, -0.05) is 70.0 Å². The number of aromatic hydroxyl groups is 1. The van der Waals surface area contributed by atoms with Crippen LogP contribution >= 0.6 is 27.5 Å². The third kappa shape index (κ3) is 5.90. The summed E-state index contributed by atoms with van der Waals surface area (Å²) in [5.41, 5.74) is -0.638. The minimum absolute atomic E-state index is 0.0494. The van der Waals surface area contributed by atoms with E-state index in [1.165, 1.54) is 35.3 Å². The summed E-state index contributed by atoms with van der Waals surface area (Å²) in [6.45, 7) is -0.249. The van der Waals surface area contributed by atoms with E-state index in [-0.39, 0.29) is 54.4 Å². The van der Waals surface area contributed by atoms with Gasteiger partial charge in [0.25, 0.3) is 5.56 Å². The quantitative estimate of drug-likeness (QED) is 0.150. The highest BCUT2D eigenvalue weighted by atomic mass is 79.9. The molecule has 0 bridgehead atoms. The molecular weight excluding hydrogens is 872 g/mol. The van der Waals surface area contributed by atoms with Crippen LogP contribution in [0.1, 0.15) is 35.2 Å². The predicted molar refractivity (Wildman–Crippen MR) is 229 cm³/mol. The molecule has 1 N–H and O–H groups in total. The van der Waals surface area contributed by atoms with Gasteiger partial charge in [-0.25, -0.2) is 33.4 Å². The minimum atomic E-state index is -1.64. The Morgan fingerprint density at radius 2 is 1.61 bits per heavy atom. The molecule has 2 amide bonds. The molecule has 6 aromatic rings. The number of halogens is 2. The molecule has 2 aromatic heterocycles. The third-order valence-electron chi connectivity index (χ3n) is 12.3. The lowest BCUT2D eigenvalue weighted by atomic mass is 9.53. The number of anilines is 1. The molecule has 3 aliphatic rings. The first kappa shape index (κ1) is 40.0. The van der Waals surface area contributed by atoms with Gasteiger partial charge in [-0.05, 0) is 47.9 Å². The van der Waals surface area contributed by atoms with Gasteiger partial charge in [0.15, 0.2) is 23.0 Å². The van der Waals surface area contributed by atoms with Crippen molar-refractivity contribution in [2.75, 3.05) is 26.2 Å². The van der Waals surface area contributed by atoms with Crippen LogP contribution in [0.15, 0.2) is 109 Å². The fourth-order valence-electron chi connectivity index (χ4n) is 9.65. The maximum atomic E-state index is 15.5. The van der Waals surface area contributed by atoms with Crippen molar-refractivity contribution in [1.82, 2.24) is 23.5 Å². The maximum Gasteiger partial charge on any atom is 0.347 e. The zero-order valence-corrected chi connectivity index (χ0v) is 35.6. The van der Waals surface area contributed by atoms with E-state index >= 15 is 9.59 Å². The average molecular weight is 910 g/mol. The van der Waals surface area contributed by atoms with Crippen LogP contribution in [0.3, 0.4) is 0 Å². The summed E-state index contributed by atoms with van der Waals surface area (Å²) in [5, 5.41) is 12.3. The van der Waals surface area contributed by atoms with Crippen molar-refractivity contribution in [3.05, 3.63) is 148 Å². The molecule has 9 rings (SSSR count). The van der Waals surface area contributed by atoms with Crippen molar-refractivity contribution in [2.24, 2.45) is 13.0 Å². The molecule has 4 atom stereocenters. The number of benzene rings is 4. The summed E-state index contributed by atoms with van der Waals surface area (Å²) < 4.78 is 22.1. The number of aryl methyl sites for hydroxylation is 2. The molecule has 0 unspecified atom stereocenters. The van der Waals surface area contributed by atoms with E-state index < -0.39 is 52.0 Å². The van der Waals surface area contributed by atoms with Gasteiger partial charge in [-0.3, -0.25) is 14.4 Å². The predicted octanol–water partition coefficient (Wildman–Crippen LogP) is 5.24. The molecule has 0 spiro atoms. The molecule has 0 radical (unpaired) electrons. The van der Waals surface area contributed by atoms with Gasteiger partial charge < -0.3 is 23.9 Å². The Labute approximate surface area is 360 Å². The summed E-state index contributed by atoms with van der Waals surface area (Å²) in [4.78, 5) is 78.8. The highest BCUT2D eigenvalue weighted by molar-refractivity contribution is 9.10. The summed E-state index contributed by atoms with van der Waals surface area (Å²) in [6, 6.07) is 21.1. The molecular formula is C44H38BrClN6O9. The van der Waals surface area contributed by atoms with Crippen molar-refractivity contribution in [2.45, 2.75) is 43.3 Å². The highest BCUT2D eigenvalue weighted by Gasteiger charge is 2.69. The number of phenolic OH excluding ortho intramolecular Hbond substituents is 1. The monoisotopic (exact) mass is 908 g/mol. The van der Waals surface area contributed by atoms with Gasteiger partial charge in [-0.2, -0.15) is 0 Å². The number of rotatable bonds is 9. The molecule has 17 heteroatoms. The van der Waals surface area contributed by atoms with E-state index in [0.29, 0.717) is 43.2 Å². The van der Waals surface area contributed by atoms with Crippen LogP contribution in [0, 0.1) is 5.92 Å². The minimum Gasteiger partial charge on any atom is -0.504 e. The molecule has 2 aliphatic heterocycles. The smallest absolute Gasteiger partial charge is 0.347 e. The lowest BCUT2D eigenvalue weighted by Crippen LogP contribution is -2.53. The van der Waals surface area contributed by atoms with E-state index in [0.717, 1.165) is 9.47 Å². The average Bonchev–Trinajstić information content (AvgIpc) is 3.65. The van der Waals surface area contributed by atoms with E-state index in [2.05, 4.69) is 20.9 Å². The second kappa shape index (κ2) is 15.0. The van der Waals surface area contributed by atoms with Gasteiger partial charge in [0.1, 0.15) is 5.69 Å². The van der Waals surface area contributed by atoms with Crippen molar-refractivity contribution in [3.63, 3.8) is 0 Å². The number of carbonyl (C=O) groups is 2. The number of carbonyl (C=O) groups excluding carboxylic acids is 2. The first-order valence-electron chi connectivity index (χ1n) is 19.3. The number of fused-ring (bicyclic) bond motifs is 5. The SMILES string of the molecule is COc1cc2nc(CCn3c(=O)n4n(c3=O)[C@@H]3C[C@H]5C(=O)N(c6cccc(Cl)c6)C(=O)[C@@]5(c5ccccc5)[C@@H](c5cc(Br)cc(OC)c5O)C3=CC4)c(=O)n(C)c2cc1OC. The zero-order valence-electron chi connectivity index (χ0n) is 33.3. The Balaban J connectivity index is 1.21. The van der Waals surface area contributed by atoms with Crippen molar-refractivity contribution >= 4 is 56.1 Å². The molecule has 15 nitrogen and oxygen atoms in total. The normalized spacial score (nSPS) is 20.6. The molecule has 2 fully saturated rings. The van der Waals surface area contributed by atoms with Crippen LogP contribution in [0.5, 0.6) is 23.0 Å². The number of imide groups is 1. The molecule has 1 saturated heterocycles. The number of ether oxygens (including phenoxy) is 3. The first-order valence-corrected chi connectivity index (χ1v) is 20.5. The van der Waals surface area contributed by atoms with Gasteiger partial charge in [-0.15, -0.1) is 0 Å². The molecule has 61 heavy (non-hydrogen) atoms. The van der Waals surface area contributed by atoms with Crippen molar-refractivity contribution in [3.8, 4) is 23.0 Å². The largest absolute Gasteiger partial charge is 0.504 e. The van der Waals surface area contributed by atoms with Crippen LogP contribution in [0.2, 0.25) is 5.02 Å². The van der Waals surface area contributed by atoms with Crippen molar-refractivity contribution < 1.29 is 28.9 Å². The molecule has 312 valence electrons. The Morgan fingerprint density at radius 3 is 2.31 bits per heavy atom. The molecule has 4 aromatic carbocycles. The summed E-state index contributed by atoms with van der Waals surface area (Å²) >= 11 is 9.99. The Kier molecular flexibility index (Phi) is 9.82. The molecule has 1 saturated carbocycles. The van der Waals surface area contributed by atoms with Crippen LogP contribution in [0.25, 0.3) is 11.0 Å². The zero-order chi connectivity index (χ0) is 43.1. The summed E-state index contributed by atoms with van der Waals surface area (Å²) in [6.07, 6.45) is 1.69. The molecule has 1 aliphatic carbocycles. The highest BCUT2D eigenvalue weighted by Crippen LogP contribution is 2.64. The topological polar surface area (TPSA) is 169 Å². The number of allylic oxidation sites excluding steroid dienone is 2. The Hall–Kier alpha value is -6.39. The van der Waals surface area contributed by atoms with Crippen LogP contribution in [-0.4, -0.2) is 61.7 Å². The van der Waals surface area contributed by atoms with Crippen molar-refractivity contribution in [1.29, 1.82) is 0 Å². The van der Waals surface area contributed by atoms with Gasteiger partial charge >= 0.3 is 11.4 Å². The standard InChI is InChI=1S/C44H38BrClN6O9/c1-48-33-22-35(60-3)34(59-2)21-31(33)47-30(40(48)55)14-15-49-42(57)50-16-13-27-32(52(50)43(49)58)20-29-39(54)51(26-12-8-11-25(46)19-26)41(56)44(29,23-9-6-5-7-10-23)37(27)28-17-24(45)18-36(61-4)38(28)53/h5-13,17-19,21-22,29,32,37,53H,14-16,20H2,1-4H3/t29-,32+,37+,44+/m0/s1. The third-order valence-corrected chi connectivity index (χ3v) is 13.0. The first-order chi connectivity index (χ1) is 29.3. The number of hydrogen-bond acceptors (Lipinski definition) is 10. The maximum absolute atomic E-state index is 15.5. The fourth-order valence-corrected chi connectivity index (χ4v) is 10.3. The van der Waals surface area contributed by atoms with Crippen LogP contribution in [-0.2, 0) is 41.6 Å². The van der Waals surface area contributed by atoms with E-state index in [1.807, 2.05) is 6.07 Å². The van der Waals surface area contributed by atoms with Gasteiger partial charge in [0.2, 0.25) is 11.8 Å². The second-order valence-electron chi connectivity index (χ2n) is 15.2. The summed E-state index contributed by atoms with van der Waals surface area (Å²) in [5.74, 6) is -2.50. The van der Waals surface area contributed by atoms with Gasteiger partial charge in [0.05, 0.1) is 62.0 Å². The Bertz CT molecular complexity index is 3050. The molecule has 4 heterocycles. The summed E-state index contributed by atoms with van der Waals surface area (Å²) in [7, 11) is 5.99. The lowest BCUT2D eigenvalue weighted by molar-refractivity contribution is -0.124. The number of phenols is 1. The number of methoxy groups -OCH3 is 3. The fraction of sp³-hybridized carbons (Fsp3) is 0.273. The number of amides is 2. The van der Waals surface area contributed by atoms with E-state index in [4.69, 9.17) is 25.8 Å². The Morgan fingerprint density at radius 1 is 0.885 bits per heavy atom. The van der Waals surface area contributed by atoms with E-state index in [9.17, 15) is 19.5 Å². The van der Waals surface area contributed by atoms with Gasteiger partial charge in [0, 0.05) is 53.1 Å².